The van der Waals surface area contributed by atoms with Crippen LogP contribution in [0.25, 0.3) is 0 Å². The second kappa shape index (κ2) is 10.3. The van der Waals surface area contributed by atoms with E-state index in [9.17, 15) is 15.0 Å². The van der Waals surface area contributed by atoms with Crippen molar-refractivity contribution in [3.8, 4) is 0 Å². The molecule has 0 amide bonds. The van der Waals surface area contributed by atoms with E-state index in [0.717, 1.165) is 25.7 Å². The third kappa shape index (κ3) is 3.93. The maximum atomic E-state index is 14.2. The van der Waals surface area contributed by atoms with Crippen LogP contribution < -0.4 is 0 Å². The van der Waals surface area contributed by atoms with Crippen LogP contribution in [0.2, 0.25) is 0 Å². The molecule has 2 aromatic rings. The molecule has 0 aliphatic heterocycles. The van der Waals surface area contributed by atoms with Crippen LogP contribution in [0, 0.1) is 0 Å². The van der Waals surface area contributed by atoms with Gasteiger partial charge in [0.15, 0.2) is 5.78 Å². The van der Waals surface area contributed by atoms with Gasteiger partial charge in [0.05, 0.1) is 0 Å². The van der Waals surface area contributed by atoms with Crippen molar-refractivity contribution in [2.24, 2.45) is 0 Å². The molecule has 196 valence electrons. The largest absolute Gasteiger partial charge is 0.379 e. The van der Waals surface area contributed by atoms with Gasteiger partial charge in [0.2, 0.25) is 11.6 Å². The van der Waals surface area contributed by atoms with E-state index in [4.69, 9.17) is 18.9 Å². The zero-order valence-electron chi connectivity index (χ0n) is 21.7. The van der Waals surface area contributed by atoms with E-state index in [0.29, 0.717) is 47.9 Å². The van der Waals surface area contributed by atoms with E-state index < -0.39 is 22.8 Å². The Hall–Kier alpha value is -2.13. The molecule has 2 atom stereocenters. The summed E-state index contributed by atoms with van der Waals surface area (Å²) in [4.78, 5) is 14.2. The third-order valence-corrected chi connectivity index (χ3v) is 8.40. The molecule has 0 saturated heterocycles. The fraction of sp³-hybridized carbons (Fsp3) is 0.552. The minimum atomic E-state index is -1.53. The van der Waals surface area contributed by atoms with Gasteiger partial charge in [0.25, 0.3) is 0 Å². The summed E-state index contributed by atoms with van der Waals surface area (Å²) < 4.78 is 23.1. The normalized spacial score (nSPS) is 27.5. The SMILES string of the molecule is COC1(OC)CCCCC1(O)c1ccccc1C(=O)c1ccccc1C1(O)CCCCC1(OC)OC. The highest BCUT2D eigenvalue weighted by Crippen LogP contribution is 2.50. The number of aliphatic hydroxyl groups is 2. The number of carbonyl (C=O) groups is 1. The number of methoxy groups -OCH3 is 4. The summed E-state index contributed by atoms with van der Waals surface area (Å²) in [6.45, 7) is 0. The molecule has 2 aliphatic rings. The van der Waals surface area contributed by atoms with E-state index in [1.54, 1.807) is 48.5 Å². The molecule has 0 radical (unpaired) electrons. The van der Waals surface area contributed by atoms with Crippen LogP contribution in [-0.2, 0) is 30.1 Å². The number of ether oxygens (including phenoxy) is 4. The monoisotopic (exact) mass is 498 g/mol. The smallest absolute Gasteiger partial charge is 0.201 e. The second-order valence-corrected chi connectivity index (χ2v) is 9.88. The van der Waals surface area contributed by atoms with Gasteiger partial charge in [0.1, 0.15) is 11.2 Å². The zero-order valence-corrected chi connectivity index (χ0v) is 21.7. The van der Waals surface area contributed by atoms with E-state index in [1.165, 1.54) is 28.4 Å². The van der Waals surface area contributed by atoms with Crippen molar-refractivity contribution < 1.29 is 34.0 Å². The summed E-state index contributed by atoms with van der Waals surface area (Å²) in [5, 5.41) is 24.1. The minimum Gasteiger partial charge on any atom is -0.379 e. The molecule has 2 aliphatic carbocycles. The number of hydrogen-bond donors (Lipinski definition) is 2. The van der Waals surface area contributed by atoms with Gasteiger partial charge in [-0.15, -0.1) is 0 Å². The van der Waals surface area contributed by atoms with Gasteiger partial charge in [-0.05, 0) is 38.5 Å². The molecule has 7 heteroatoms. The summed E-state index contributed by atoms with van der Waals surface area (Å²) in [5.74, 6) is -2.85. The van der Waals surface area contributed by atoms with Crippen molar-refractivity contribution in [3.63, 3.8) is 0 Å². The highest BCUT2D eigenvalue weighted by molar-refractivity contribution is 6.11. The summed E-state index contributed by atoms with van der Waals surface area (Å²) in [6, 6.07) is 14.1. The van der Waals surface area contributed by atoms with Crippen LogP contribution in [0.15, 0.2) is 48.5 Å². The lowest BCUT2D eigenvalue weighted by Gasteiger charge is -2.49. The van der Waals surface area contributed by atoms with Crippen LogP contribution >= 0.6 is 0 Å². The lowest BCUT2D eigenvalue weighted by Crippen LogP contribution is -2.57. The van der Waals surface area contributed by atoms with Crippen LogP contribution in [0.5, 0.6) is 0 Å². The number of ketones is 1. The summed E-state index contributed by atoms with van der Waals surface area (Å²) in [5.41, 5.74) is -1.47. The Balaban J connectivity index is 1.87. The topological polar surface area (TPSA) is 94.5 Å². The van der Waals surface area contributed by atoms with E-state index >= 15 is 0 Å². The number of carbonyl (C=O) groups excluding carboxylic acids is 1. The first-order chi connectivity index (χ1) is 17.3. The maximum absolute atomic E-state index is 14.2. The molecule has 2 saturated carbocycles. The average Bonchev–Trinajstić information content (AvgIpc) is 2.93. The lowest BCUT2D eigenvalue weighted by molar-refractivity contribution is -0.322. The van der Waals surface area contributed by atoms with Crippen molar-refractivity contribution in [1.82, 2.24) is 0 Å². The molecule has 0 spiro atoms. The molecule has 0 bridgehead atoms. The number of hydrogen-bond acceptors (Lipinski definition) is 7. The quantitative estimate of drug-likeness (QED) is 0.411. The Bertz CT molecular complexity index is 991. The van der Waals surface area contributed by atoms with Gasteiger partial charge in [-0.25, -0.2) is 0 Å². The molecule has 2 fully saturated rings. The van der Waals surface area contributed by atoms with Crippen LogP contribution in [0.4, 0.5) is 0 Å². The Morgan fingerprint density at radius 2 is 0.944 bits per heavy atom. The first-order valence-corrected chi connectivity index (χ1v) is 12.7. The second-order valence-electron chi connectivity index (χ2n) is 9.88. The molecule has 0 aromatic heterocycles. The van der Waals surface area contributed by atoms with Gasteiger partial charge >= 0.3 is 0 Å². The number of benzene rings is 2. The highest BCUT2D eigenvalue weighted by Gasteiger charge is 2.57. The van der Waals surface area contributed by atoms with Crippen LogP contribution in [-0.4, -0.2) is 56.0 Å². The lowest BCUT2D eigenvalue weighted by atomic mass is 9.70. The molecular weight excluding hydrogens is 460 g/mol. The zero-order chi connectivity index (χ0) is 26.0. The Morgan fingerprint density at radius 3 is 1.31 bits per heavy atom. The van der Waals surface area contributed by atoms with E-state index in [1.807, 2.05) is 0 Å². The van der Waals surface area contributed by atoms with Crippen molar-refractivity contribution in [2.75, 3.05) is 28.4 Å². The molecule has 2 unspecified atom stereocenters. The van der Waals surface area contributed by atoms with E-state index in [2.05, 4.69) is 0 Å². The average molecular weight is 499 g/mol. The Morgan fingerprint density at radius 1 is 0.611 bits per heavy atom. The Labute approximate surface area is 213 Å². The molecule has 0 heterocycles. The highest BCUT2D eigenvalue weighted by atomic mass is 16.7. The van der Waals surface area contributed by atoms with Gasteiger partial charge < -0.3 is 29.2 Å². The van der Waals surface area contributed by atoms with Crippen molar-refractivity contribution in [3.05, 3.63) is 70.8 Å². The van der Waals surface area contributed by atoms with E-state index in [-0.39, 0.29) is 5.78 Å². The molecule has 2 aromatic carbocycles. The number of rotatable bonds is 8. The van der Waals surface area contributed by atoms with Gasteiger partial charge in [0, 0.05) is 63.5 Å². The van der Waals surface area contributed by atoms with Crippen LogP contribution in [0.1, 0.15) is 78.4 Å². The summed E-state index contributed by atoms with van der Waals surface area (Å²) in [7, 11) is 6.08. The van der Waals surface area contributed by atoms with Crippen LogP contribution in [0.3, 0.4) is 0 Å². The fourth-order valence-corrected chi connectivity index (χ4v) is 6.43. The van der Waals surface area contributed by atoms with Crippen molar-refractivity contribution in [2.45, 2.75) is 74.1 Å². The van der Waals surface area contributed by atoms with Gasteiger partial charge in [-0.3, -0.25) is 4.79 Å². The predicted molar refractivity (Wildman–Crippen MR) is 135 cm³/mol. The molecule has 36 heavy (non-hydrogen) atoms. The predicted octanol–water partition coefficient (Wildman–Crippen LogP) is 4.42. The van der Waals surface area contributed by atoms with Crippen molar-refractivity contribution in [1.29, 1.82) is 0 Å². The standard InChI is InChI=1S/C29H38O7/c1-33-28(34-2)19-11-9-17-26(28,31)23-15-7-5-13-21(23)25(30)22-14-6-8-16-24(22)27(32)18-10-12-20-29(27,35-3)36-4/h5-8,13-16,31-32H,9-12,17-20H2,1-4H3. The first kappa shape index (κ1) is 26.9. The Kier molecular flexibility index (Phi) is 7.72. The molecule has 7 nitrogen and oxygen atoms in total. The first-order valence-electron chi connectivity index (χ1n) is 12.7. The maximum Gasteiger partial charge on any atom is 0.201 e. The molecule has 4 rings (SSSR count). The van der Waals surface area contributed by atoms with Gasteiger partial charge in [-0.2, -0.15) is 0 Å². The third-order valence-electron chi connectivity index (χ3n) is 8.40. The molecule has 2 N–H and O–H groups in total. The summed E-state index contributed by atoms with van der Waals surface area (Å²) >= 11 is 0. The molecular formula is C29H38O7. The minimum absolute atomic E-state index is 0.304. The summed E-state index contributed by atoms with van der Waals surface area (Å²) in [6.07, 6.45) is 5.00. The fourth-order valence-electron chi connectivity index (χ4n) is 6.43. The van der Waals surface area contributed by atoms with Crippen molar-refractivity contribution >= 4 is 5.78 Å². The van der Waals surface area contributed by atoms with Gasteiger partial charge in [-0.1, -0.05) is 48.5 Å².